The summed E-state index contributed by atoms with van der Waals surface area (Å²) in [6.45, 7) is 7.48. The van der Waals surface area contributed by atoms with Crippen molar-refractivity contribution in [1.82, 2.24) is 5.32 Å². The van der Waals surface area contributed by atoms with E-state index >= 15 is 0 Å². The number of benzene rings is 1. The van der Waals surface area contributed by atoms with Crippen LogP contribution in [0.3, 0.4) is 0 Å². The number of rotatable bonds is 6. The van der Waals surface area contributed by atoms with Crippen molar-refractivity contribution in [3.05, 3.63) is 29.3 Å². The van der Waals surface area contributed by atoms with Crippen molar-refractivity contribution in [2.24, 2.45) is 0 Å². The number of hydrogen-bond acceptors (Lipinski definition) is 2. The average Bonchev–Trinajstić information content (AvgIpc) is 2.28. The van der Waals surface area contributed by atoms with Crippen LogP contribution >= 0.6 is 0 Å². The minimum absolute atomic E-state index is 0.472. The van der Waals surface area contributed by atoms with Gasteiger partial charge in [-0.25, -0.2) is 0 Å². The van der Waals surface area contributed by atoms with Crippen molar-refractivity contribution in [2.75, 3.05) is 13.7 Å². The van der Waals surface area contributed by atoms with E-state index in [1.165, 1.54) is 24.0 Å². The molecule has 1 atom stereocenters. The van der Waals surface area contributed by atoms with E-state index in [9.17, 15) is 0 Å². The quantitative estimate of drug-likeness (QED) is 0.794. The molecule has 0 aliphatic heterocycles. The van der Waals surface area contributed by atoms with Crippen molar-refractivity contribution in [3.63, 3.8) is 0 Å². The van der Waals surface area contributed by atoms with Crippen LogP contribution in [0.1, 0.15) is 43.9 Å². The normalized spacial score (nSPS) is 12.5. The fourth-order valence-electron chi connectivity index (χ4n) is 2.04. The third-order valence-corrected chi connectivity index (χ3v) is 2.85. The van der Waals surface area contributed by atoms with E-state index in [0.717, 1.165) is 12.3 Å². The Kier molecular flexibility index (Phi) is 5.33. The summed E-state index contributed by atoms with van der Waals surface area (Å²) in [5, 5.41) is 3.52. The Morgan fingerprint density at radius 3 is 2.56 bits per heavy atom. The lowest BCUT2D eigenvalue weighted by atomic mass is 10.00. The lowest BCUT2D eigenvalue weighted by Crippen LogP contribution is -2.20. The molecule has 0 fully saturated rings. The lowest BCUT2D eigenvalue weighted by molar-refractivity contribution is 0.411. The van der Waals surface area contributed by atoms with E-state index in [1.54, 1.807) is 7.11 Å². The third kappa shape index (κ3) is 3.24. The molecule has 90 valence electrons. The summed E-state index contributed by atoms with van der Waals surface area (Å²) in [6.07, 6.45) is 2.38. The van der Waals surface area contributed by atoms with Gasteiger partial charge in [-0.15, -0.1) is 0 Å². The fraction of sp³-hybridized carbons (Fsp3) is 0.571. The second-order valence-corrected chi connectivity index (χ2v) is 4.13. The Labute approximate surface area is 99.0 Å². The Balaban J connectivity index is 2.87. The van der Waals surface area contributed by atoms with Crippen molar-refractivity contribution in [3.8, 4) is 5.75 Å². The standard InChI is InChI=1S/C14H23NO/c1-5-7-13(15-6-2)12-8-9-14(16-4)11(3)10-12/h8-10,13,15H,5-7H2,1-4H3. The molecular weight excluding hydrogens is 198 g/mol. The van der Waals surface area contributed by atoms with Crippen molar-refractivity contribution >= 4 is 0 Å². The first-order valence-electron chi connectivity index (χ1n) is 6.10. The molecule has 16 heavy (non-hydrogen) atoms. The molecule has 1 unspecified atom stereocenters. The minimum atomic E-state index is 0.472. The van der Waals surface area contributed by atoms with Crippen LogP contribution in [-0.2, 0) is 0 Å². The summed E-state index contributed by atoms with van der Waals surface area (Å²) in [7, 11) is 1.72. The van der Waals surface area contributed by atoms with E-state index in [2.05, 4.69) is 44.3 Å². The summed E-state index contributed by atoms with van der Waals surface area (Å²) in [5.74, 6) is 0.968. The van der Waals surface area contributed by atoms with Gasteiger partial charge in [0.25, 0.3) is 0 Å². The maximum atomic E-state index is 5.28. The third-order valence-electron chi connectivity index (χ3n) is 2.85. The first-order valence-corrected chi connectivity index (χ1v) is 6.10. The summed E-state index contributed by atoms with van der Waals surface area (Å²) >= 11 is 0. The van der Waals surface area contributed by atoms with Gasteiger partial charge < -0.3 is 10.1 Å². The van der Waals surface area contributed by atoms with Crippen molar-refractivity contribution in [2.45, 2.75) is 39.7 Å². The molecule has 1 aromatic carbocycles. The van der Waals surface area contributed by atoms with E-state index in [4.69, 9.17) is 4.74 Å². The SMILES string of the molecule is CCCC(NCC)c1ccc(OC)c(C)c1. The maximum absolute atomic E-state index is 5.28. The topological polar surface area (TPSA) is 21.3 Å². The van der Waals surface area contributed by atoms with Gasteiger partial charge >= 0.3 is 0 Å². The molecule has 0 aromatic heterocycles. The van der Waals surface area contributed by atoms with Crippen LogP contribution in [0.2, 0.25) is 0 Å². The summed E-state index contributed by atoms with van der Waals surface area (Å²) in [5.41, 5.74) is 2.57. The molecule has 1 N–H and O–H groups in total. The molecule has 0 spiro atoms. The zero-order chi connectivity index (χ0) is 12.0. The van der Waals surface area contributed by atoms with E-state index < -0.39 is 0 Å². The number of nitrogens with one attached hydrogen (secondary N) is 1. The van der Waals surface area contributed by atoms with Gasteiger partial charge in [-0.3, -0.25) is 0 Å². The molecule has 2 heteroatoms. The van der Waals surface area contributed by atoms with E-state index in [1.807, 2.05) is 0 Å². The molecule has 0 aliphatic rings. The number of aryl methyl sites for hydroxylation is 1. The summed E-state index contributed by atoms with van der Waals surface area (Å²) < 4.78 is 5.28. The molecule has 1 aromatic rings. The van der Waals surface area contributed by atoms with Crippen LogP contribution in [0.5, 0.6) is 5.75 Å². The minimum Gasteiger partial charge on any atom is -0.496 e. The molecule has 0 bridgehead atoms. The summed E-state index contributed by atoms with van der Waals surface area (Å²) in [4.78, 5) is 0. The zero-order valence-corrected chi connectivity index (χ0v) is 10.8. The smallest absolute Gasteiger partial charge is 0.121 e. The van der Waals surface area contributed by atoms with Crippen LogP contribution < -0.4 is 10.1 Å². The Morgan fingerprint density at radius 2 is 2.06 bits per heavy atom. The molecule has 0 saturated heterocycles. The molecule has 0 amide bonds. The molecular formula is C14H23NO. The highest BCUT2D eigenvalue weighted by molar-refractivity contribution is 5.37. The second-order valence-electron chi connectivity index (χ2n) is 4.13. The number of methoxy groups -OCH3 is 1. The average molecular weight is 221 g/mol. The largest absolute Gasteiger partial charge is 0.496 e. The van der Waals surface area contributed by atoms with Gasteiger partial charge in [0.2, 0.25) is 0 Å². The lowest BCUT2D eigenvalue weighted by Gasteiger charge is -2.18. The molecule has 2 nitrogen and oxygen atoms in total. The van der Waals surface area contributed by atoms with Crippen LogP contribution in [-0.4, -0.2) is 13.7 Å². The Hall–Kier alpha value is -1.02. The van der Waals surface area contributed by atoms with Gasteiger partial charge in [0.05, 0.1) is 7.11 Å². The molecule has 0 saturated carbocycles. The number of ether oxygens (including phenoxy) is 1. The van der Waals surface area contributed by atoms with Crippen LogP contribution in [0, 0.1) is 6.92 Å². The highest BCUT2D eigenvalue weighted by atomic mass is 16.5. The first kappa shape index (κ1) is 13.0. The van der Waals surface area contributed by atoms with E-state index in [0.29, 0.717) is 6.04 Å². The highest BCUT2D eigenvalue weighted by Gasteiger charge is 2.10. The predicted molar refractivity (Wildman–Crippen MR) is 69.1 cm³/mol. The monoisotopic (exact) mass is 221 g/mol. The predicted octanol–water partition coefficient (Wildman–Crippen LogP) is 3.45. The van der Waals surface area contributed by atoms with Gasteiger partial charge in [0.1, 0.15) is 5.75 Å². The van der Waals surface area contributed by atoms with Crippen molar-refractivity contribution < 1.29 is 4.74 Å². The number of hydrogen-bond donors (Lipinski definition) is 1. The maximum Gasteiger partial charge on any atom is 0.121 e. The van der Waals surface area contributed by atoms with Gasteiger partial charge in [-0.1, -0.05) is 32.4 Å². The van der Waals surface area contributed by atoms with Gasteiger partial charge in [0, 0.05) is 6.04 Å². The highest BCUT2D eigenvalue weighted by Crippen LogP contribution is 2.24. The molecule has 0 radical (unpaired) electrons. The van der Waals surface area contributed by atoms with Crippen LogP contribution in [0.25, 0.3) is 0 Å². The van der Waals surface area contributed by atoms with Crippen molar-refractivity contribution in [1.29, 1.82) is 0 Å². The molecule has 0 heterocycles. The van der Waals surface area contributed by atoms with Crippen LogP contribution in [0.15, 0.2) is 18.2 Å². The fourth-order valence-corrected chi connectivity index (χ4v) is 2.04. The first-order chi connectivity index (χ1) is 7.72. The van der Waals surface area contributed by atoms with Gasteiger partial charge in [-0.05, 0) is 37.1 Å². The Bertz CT molecular complexity index is 317. The summed E-state index contributed by atoms with van der Waals surface area (Å²) in [6, 6.07) is 6.92. The van der Waals surface area contributed by atoms with E-state index in [-0.39, 0.29) is 0 Å². The second kappa shape index (κ2) is 6.54. The van der Waals surface area contributed by atoms with Gasteiger partial charge in [-0.2, -0.15) is 0 Å². The zero-order valence-electron chi connectivity index (χ0n) is 10.8. The van der Waals surface area contributed by atoms with Gasteiger partial charge in [0.15, 0.2) is 0 Å². The van der Waals surface area contributed by atoms with Crippen LogP contribution in [0.4, 0.5) is 0 Å². The Morgan fingerprint density at radius 1 is 1.31 bits per heavy atom. The molecule has 0 aliphatic carbocycles. The molecule has 1 rings (SSSR count).